The van der Waals surface area contributed by atoms with Crippen molar-refractivity contribution in [1.29, 1.82) is 0 Å². The van der Waals surface area contributed by atoms with E-state index >= 15 is 0 Å². The van der Waals surface area contributed by atoms with E-state index < -0.39 is 0 Å². The SMILES string of the molecule is CCCNC(=O)NCCSCc1ccc(Cl)cc1. The number of benzene rings is 1. The van der Waals surface area contributed by atoms with Crippen molar-refractivity contribution in [2.24, 2.45) is 0 Å². The number of rotatable bonds is 7. The summed E-state index contributed by atoms with van der Waals surface area (Å²) in [6.07, 6.45) is 0.957. The van der Waals surface area contributed by atoms with Crippen molar-refractivity contribution in [2.75, 3.05) is 18.8 Å². The highest BCUT2D eigenvalue weighted by molar-refractivity contribution is 7.98. The predicted molar refractivity (Wildman–Crippen MR) is 79.3 cm³/mol. The molecule has 2 amide bonds. The van der Waals surface area contributed by atoms with Crippen LogP contribution < -0.4 is 10.6 Å². The number of hydrogen-bond donors (Lipinski definition) is 2. The van der Waals surface area contributed by atoms with Crippen molar-refractivity contribution in [3.05, 3.63) is 34.9 Å². The number of amides is 2. The van der Waals surface area contributed by atoms with Crippen LogP contribution in [-0.4, -0.2) is 24.9 Å². The van der Waals surface area contributed by atoms with Crippen molar-refractivity contribution >= 4 is 29.4 Å². The Balaban J connectivity index is 2.05. The van der Waals surface area contributed by atoms with Gasteiger partial charge in [-0.2, -0.15) is 11.8 Å². The summed E-state index contributed by atoms with van der Waals surface area (Å²) in [5.41, 5.74) is 1.25. The van der Waals surface area contributed by atoms with Gasteiger partial charge in [0.25, 0.3) is 0 Å². The first kappa shape index (κ1) is 15.2. The number of carbonyl (C=O) groups is 1. The van der Waals surface area contributed by atoms with E-state index in [0.29, 0.717) is 6.54 Å². The first-order chi connectivity index (χ1) is 8.72. The topological polar surface area (TPSA) is 41.1 Å². The average Bonchev–Trinajstić information content (AvgIpc) is 2.38. The predicted octanol–water partition coefficient (Wildman–Crippen LogP) is 3.28. The zero-order valence-electron chi connectivity index (χ0n) is 10.5. The van der Waals surface area contributed by atoms with E-state index in [1.165, 1.54) is 5.56 Å². The van der Waals surface area contributed by atoms with Crippen LogP contribution in [0.2, 0.25) is 5.02 Å². The largest absolute Gasteiger partial charge is 0.338 e. The van der Waals surface area contributed by atoms with E-state index in [-0.39, 0.29) is 6.03 Å². The third kappa shape index (κ3) is 6.77. The minimum Gasteiger partial charge on any atom is -0.338 e. The van der Waals surface area contributed by atoms with Crippen molar-refractivity contribution in [2.45, 2.75) is 19.1 Å². The van der Waals surface area contributed by atoms with E-state index in [2.05, 4.69) is 10.6 Å². The van der Waals surface area contributed by atoms with Gasteiger partial charge in [-0.15, -0.1) is 0 Å². The van der Waals surface area contributed by atoms with Crippen LogP contribution in [0.3, 0.4) is 0 Å². The van der Waals surface area contributed by atoms with Crippen LogP contribution in [-0.2, 0) is 5.75 Å². The number of urea groups is 1. The van der Waals surface area contributed by atoms with Crippen LogP contribution in [0.15, 0.2) is 24.3 Å². The Bertz CT molecular complexity index is 357. The van der Waals surface area contributed by atoms with Crippen LogP contribution in [0.25, 0.3) is 0 Å². The molecule has 0 unspecified atom stereocenters. The number of thioether (sulfide) groups is 1. The quantitative estimate of drug-likeness (QED) is 0.755. The maximum atomic E-state index is 11.2. The van der Waals surface area contributed by atoms with Gasteiger partial charge in [0.2, 0.25) is 0 Å². The standard InChI is InChI=1S/C13H19ClN2OS/c1-2-7-15-13(17)16-8-9-18-10-11-3-5-12(14)6-4-11/h3-6H,2,7-10H2,1H3,(H2,15,16,17). The summed E-state index contributed by atoms with van der Waals surface area (Å²) in [7, 11) is 0. The summed E-state index contributed by atoms with van der Waals surface area (Å²) < 4.78 is 0. The van der Waals surface area contributed by atoms with Crippen molar-refractivity contribution in [3.63, 3.8) is 0 Å². The molecule has 0 bridgehead atoms. The molecule has 0 saturated heterocycles. The van der Waals surface area contributed by atoms with Crippen molar-refractivity contribution in [1.82, 2.24) is 10.6 Å². The van der Waals surface area contributed by atoms with E-state index in [0.717, 1.165) is 29.5 Å². The van der Waals surface area contributed by atoms with E-state index in [4.69, 9.17) is 11.6 Å². The Morgan fingerprint density at radius 1 is 1.22 bits per heavy atom. The van der Waals surface area contributed by atoms with E-state index in [9.17, 15) is 4.79 Å². The van der Waals surface area contributed by atoms with Gasteiger partial charge in [-0.1, -0.05) is 30.7 Å². The van der Waals surface area contributed by atoms with Gasteiger partial charge in [0, 0.05) is 29.6 Å². The molecule has 0 atom stereocenters. The smallest absolute Gasteiger partial charge is 0.314 e. The zero-order valence-corrected chi connectivity index (χ0v) is 12.1. The lowest BCUT2D eigenvalue weighted by Crippen LogP contribution is -2.36. The summed E-state index contributed by atoms with van der Waals surface area (Å²) in [6, 6.07) is 7.76. The highest BCUT2D eigenvalue weighted by atomic mass is 35.5. The van der Waals surface area contributed by atoms with Gasteiger partial charge in [0.15, 0.2) is 0 Å². The summed E-state index contributed by atoms with van der Waals surface area (Å²) in [5, 5.41) is 6.36. The Morgan fingerprint density at radius 2 is 1.89 bits per heavy atom. The number of nitrogens with one attached hydrogen (secondary N) is 2. The molecule has 0 aliphatic heterocycles. The van der Waals surface area contributed by atoms with Crippen LogP contribution >= 0.6 is 23.4 Å². The monoisotopic (exact) mass is 286 g/mol. The highest BCUT2D eigenvalue weighted by Crippen LogP contribution is 2.14. The zero-order chi connectivity index (χ0) is 13.2. The summed E-state index contributed by atoms with van der Waals surface area (Å²) in [6.45, 7) is 3.44. The first-order valence-corrected chi connectivity index (χ1v) is 7.59. The van der Waals surface area contributed by atoms with Crippen LogP contribution in [0.5, 0.6) is 0 Å². The van der Waals surface area contributed by atoms with Gasteiger partial charge in [-0.05, 0) is 24.1 Å². The Morgan fingerprint density at radius 3 is 2.56 bits per heavy atom. The van der Waals surface area contributed by atoms with Gasteiger partial charge in [-0.25, -0.2) is 4.79 Å². The summed E-state index contributed by atoms with van der Waals surface area (Å²) in [4.78, 5) is 11.2. The lowest BCUT2D eigenvalue weighted by atomic mass is 10.2. The Kier molecular flexibility index (Phi) is 7.69. The van der Waals surface area contributed by atoms with Gasteiger partial charge in [0.05, 0.1) is 0 Å². The third-order valence-electron chi connectivity index (χ3n) is 2.25. The fourth-order valence-electron chi connectivity index (χ4n) is 1.31. The molecule has 1 rings (SSSR count). The molecule has 5 heteroatoms. The lowest BCUT2D eigenvalue weighted by molar-refractivity contribution is 0.241. The van der Waals surface area contributed by atoms with Crippen LogP contribution in [0, 0.1) is 0 Å². The lowest BCUT2D eigenvalue weighted by Gasteiger charge is -2.06. The van der Waals surface area contributed by atoms with Crippen LogP contribution in [0.4, 0.5) is 4.79 Å². The van der Waals surface area contributed by atoms with Gasteiger partial charge in [-0.3, -0.25) is 0 Å². The highest BCUT2D eigenvalue weighted by Gasteiger charge is 1.98. The molecule has 0 fully saturated rings. The minimum absolute atomic E-state index is 0.0797. The summed E-state index contributed by atoms with van der Waals surface area (Å²) >= 11 is 7.60. The molecule has 0 heterocycles. The number of halogens is 1. The number of carbonyl (C=O) groups excluding carboxylic acids is 1. The fourth-order valence-corrected chi connectivity index (χ4v) is 2.25. The molecule has 0 aliphatic rings. The molecule has 3 nitrogen and oxygen atoms in total. The van der Waals surface area contributed by atoms with Crippen molar-refractivity contribution in [3.8, 4) is 0 Å². The molecule has 0 saturated carbocycles. The van der Waals surface area contributed by atoms with E-state index in [1.54, 1.807) is 11.8 Å². The van der Waals surface area contributed by atoms with Gasteiger partial charge in [0.1, 0.15) is 0 Å². The molecule has 18 heavy (non-hydrogen) atoms. The third-order valence-corrected chi connectivity index (χ3v) is 3.53. The number of hydrogen-bond acceptors (Lipinski definition) is 2. The maximum absolute atomic E-state index is 11.2. The molecule has 0 aliphatic carbocycles. The molecular formula is C13H19ClN2OS. The Hall–Kier alpha value is -0.870. The van der Waals surface area contributed by atoms with Crippen LogP contribution in [0.1, 0.15) is 18.9 Å². The second-order valence-electron chi connectivity index (χ2n) is 3.86. The van der Waals surface area contributed by atoms with Crippen molar-refractivity contribution < 1.29 is 4.79 Å². The molecule has 2 N–H and O–H groups in total. The maximum Gasteiger partial charge on any atom is 0.314 e. The molecular weight excluding hydrogens is 268 g/mol. The molecule has 100 valence electrons. The average molecular weight is 287 g/mol. The normalized spacial score (nSPS) is 10.1. The molecule has 1 aromatic carbocycles. The van der Waals surface area contributed by atoms with Gasteiger partial charge < -0.3 is 10.6 Å². The van der Waals surface area contributed by atoms with E-state index in [1.807, 2.05) is 31.2 Å². The van der Waals surface area contributed by atoms with Gasteiger partial charge >= 0.3 is 6.03 Å². The molecule has 0 spiro atoms. The first-order valence-electron chi connectivity index (χ1n) is 6.06. The fraction of sp³-hybridized carbons (Fsp3) is 0.462. The summed E-state index contributed by atoms with van der Waals surface area (Å²) in [5.74, 6) is 1.84. The molecule has 1 aromatic rings. The molecule has 0 radical (unpaired) electrons. The Labute approximate surface area is 118 Å². The second kappa shape index (κ2) is 9.11. The second-order valence-corrected chi connectivity index (χ2v) is 5.40. The molecule has 0 aromatic heterocycles. The minimum atomic E-state index is -0.0797.